The van der Waals surface area contributed by atoms with Crippen molar-refractivity contribution in [2.24, 2.45) is 0 Å². The molecule has 1 N–H and O–H groups in total. The van der Waals surface area contributed by atoms with Crippen LogP contribution in [0.25, 0.3) is 0 Å². The summed E-state index contributed by atoms with van der Waals surface area (Å²) in [7, 11) is 1.29. The number of hydrogen-bond donors (Lipinski definition) is 1. The molecule has 7 heteroatoms. The van der Waals surface area contributed by atoms with Crippen molar-refractivity contribution in [1.82, 2.24) is 4.90 Å². The summed E-state index contributed by atoms with van der Waals surface area (Å²) < 4.78 is 10.9. The second-order valence-electron chi connectivity index (χ2n) is 9.96. The van der Waals surface area contributed by atoms with Crippen LogP contribution in [0.15, 0.2) is 96.6 Å². The molecule has 1 heterocycles. The van der Waals surface area contributed by atoms with E-state index in [1.807, 2.05) is 105 Å². The topological polar surface area (TPSA) is 84.9 Å². The summed E-state index contributed by atoms with van der Waals surface area (Å²) in [6.07, 6.45) is 1.72. The Bertz CT molecular complexity index is 1330. The van der Waals surface area contributed by atoms with Gasteiger partial charge in [0.25, 0.3) is 0 Å². The highest BCUT2D eigenvalue weighted by Crippen LogP contribution is 2.45. The molecule has 39 heavy (non-hydrogen) atoms. The molecule has 0 radical (unpaired) electrons. The molecule has 1 aliphatic heterocycles. The molecular formula is C32H34N2O5. The monoisotopic (exact) mass is 526 g/mol. The summed E-state index contributed by atoms with van der Waals surface area (Å²) in [6.45, 7) is 4.08. The Balaban J connectivity index is 1.74. The molecule has 202 valence electrons. The predicted molar refractivity (Wildman–Crippen MR) is 150 cm³/mol. The maximum absolute atomic E-state index is 13.6. The number of anilines is 1. The number of carbonyl (C=O) groups excluding carboxylic acids is 3. The van der Waals surface area contributed by atoms with Crippen LogP contribution in [0.2, 0.25) is 0 Å². The van der Waals surface area contributed by atoms with Crippen molar-refractivity contribution in [2.75, 3.05) is 12.4 Å². The summed E-state index contributed by atoms with van der Waals surface area (Å²) in [4.78, 5) is 42.1. The van der Waals surface area contributed by atoms with Crippen molar-refractivity contribution < 1.29 is 23.9 Å². The molecular weight excluding hydrogens is 492 g/mol. The smallest absolute Gasteiger partial charge is 0.411 e. The average molecular weight is 527 g/mol. The number of rotatable bonds is 10. The predicted octanol–water partition coefficient (Wildman–Crippen LogP) is 6.00. The number of nitrogens with zero attached hydrogens (tertiary/aromatic N) is 1. The third-order valence-electron chi connectivity index (χ3n) is 7.01. The van der Waals surface area contributed by atoms with Gasteiger partial charge in [0, 0.05) is 12.2 Å². The molecule has 2 atom stereocenters. The van der Waals surface area contributed by atoms with Gasteiger partial charge in [0.2, 0.25) is 5.91 Å². The minimum atomic E-state index is -1.08. The first-order valence-corrected chi connectivity index (χ1v) is 13.0. The summed E-state index contributed by atoms with van der Waals surface area (Å²) in [5, 5.41) is 2.98. The van der Waals surface area contributed by atoms with E-state index < -0.39 is 23.5 Å². The average Bonchev–Trinajstić information content (AvgIpc) is 3.24. The lowest BCUT2D eigenvalue weighted by molar-refractivity contribution is -0.147. The van der Waals surface area contributed by atoms with E-state index in [9.17, 15) is 14.4 Å². The van der Waals surface area contributed by atoms with E-state index in [2.05, 4.69) is 5.32 Å². The minimum Gasteiger partial charge on any atom is -0.467 e. The molecule has 3 aromatic carbocycles. The zero-order valence-electron chi connectivity index (χ0n) is 22.6. The minimum absolute atomic E-state index is 0.0274. The second kappa shape index (κ2) is 12.4. The lowest BCUT2D eigenvalue weighted by Crippen LogP contribution is -2.50. The third-order valence-corrected chi connectivity index (χ3v) is 7.01. The number of fused-ring (bicyclic) bond motifs is 1. The van der Waals surface area contributed by atoms with Gasteiger partial charge < -0.3 is 14.8 Å². The van der Waals surface area contributed by atoms with Crippen LogP contribution in [0.3, 0.4) is 0 Å². The molecule has 1 aliphatic rings. The first-order chi connectivity index (χ1) is 18.8. The number of carbonyl (C=O) groups is 3. The maximum Gasteiger partial charge on any atom is 0.411 e. The summed E-state index contributed by atoms with van der Waals surface area (Å²) in [5.41, 5.74) is 3.10. The molecule has 2 amide bonds. The molecule has 0 saturated carbocycles. The quantitative estimate of drug-likeness (QED) is 0.259. The van der Waals surface area contributed by atoms with Crippen LogP contribution >= 0.6 is 0 Å². The van der Waals surface area contributed by atoms with Crippen LogP contribution in [-0.2, 0) is 37.6 Å². The molecule has 0 aromatic heterocycles. The number of methoxy groups -OCH3 is 1. The van der Waals surface area contributed by atoms with E-state index in [1.165, 1.54) is 12.0 Å². The van der Waals surface area contributed by atoms with Gasteiger partial charge in [-0.15, -0.1) is 0 Å². The van der Waals surface area contributed by atoms with E-state index >= 15 is 0 Å². The normalized spacial score (nSPS) is 16.4. The number of amides is 2. The van der Waals surface area contributed by atoms with Gasteiger partial charge in [0.1, 0.15) is 12.6 Å². The Labute approximate surface area is 229 Å². The Hall–Kier alpha value is -4.39. The first-order valence-electron chi connectivity index (χ1n) is 13.0. The number of allylic oxidation sites excluding steroid dienone is 2. The molecule has 0 spiro atoms. The zero-order chi connectivity index (χ0) is 27.8. The number of ether oxygens (including phenoxy) is 2. The van der Waals surface area contributed by atoms with Crippen molar-refractivity contribution in [2.45, 2.75) is 51.3 Å². The summed E-state index contributed by atoms with van der Waals surface area (Å²) >= 11 is 0. The van der Waals surface area contributed by atoms with Crippen molar-refractivity contribution in [3.05, 3.63) is 113 Å². The molecule has 0 bridgehead atoms. The lowest BCUT2D eigenvalue weighted by Gasteiger charge is -2.35. The van der Waals surface area contributed by atoms with Crippen molar-refractivity contribution in [1.29, 1.82) is 0 Å². The standard InChI is InChI=1S/C32H34N2O5/c1-23(2)18-19-32(26-16-10-11-17-27(26)33-30(32)36)20-28(29(35)38-3)34(21-24-12-6-4-7-13-24)31(37)39-22-25-14-8-5-9-15-25/h4-18,28H,19-22H2,1-3H3,(H,33,36)/t28?,32-/m0/s1. The molecule has 0 fully saturated rings. The van der Waals surface area contributed by atoms with Gasteiger partial charge in [0.05, 0.1) is 12.5 Å². The number of para-hydroxylation sites is 1. The number of esters is 1. The van der Waals surface area contributed by atoms with Crippen LogP contribution < -0.4 is 5.32 Å². The Kier molecular flexibility index (Phi) is 8.81. The molecule has 0 aliphatic carbocycles. The van der Waals surface area contributed by atoms with Crippen LogP contribution in [0.5, 0.6) is 0 Å². The van der Waals surface area contributed by atoms with Gasteiger partial charge in [-0.3, -0.25) is 9.69 Å². The van der Waals surface area contributed by atoms with Gasteiger partial charge in [-0.05, 0) is 49.4 Å². The number of hydrogen-bond acceptors (Lipinski definition) is 5. The highest BCUT2D eigenvalue weighted by atomic mass is 16.6. The highest BCUT2D eigenvalue weighted by molar-refractivity contribution is 6.06. The van der Waals surface area contributed by atoms with Crippen LogP contribution in [-0.4, -0.2) is 36.0 Å². The van der Waals surface area contributed by atoms with Gasteiger partial charge in [-0.2, -0.15) is 0 Å². The Morgan fingerprint density at radius 3 is 2.18 bits per heavy atom. The molecule has 0 saturated heterocycles. The molecule has 3 aromatic rings. The van der Waals surface area contributed by atoms with E-state index in [0.29, 0.717) is 12.1 Å². The lowest BCUT2D eigenvalue weighted by atomic mass is 9.73. The third kappa shape index (κ3) is 6.37. The number of benzene rings is 3. The summed E-state index contributed by atoms with van der Waals surface area (Å²) in [6, 6.07) is 25.1. The fourth-order valence-corrected chi connectivity index (χ4v) is 4.91. The van der Waals surface area contributed by atoms with Gasteiger partial charge in [-0.1, -0.05) is 90.5 Å². The fourth-order valence-electron chi connectivity index (χ4n) is 4.91. The Morgan fingerprint density at radius 2 is 1.54 bits per heavy atom. The maximum atomic E-state index is 13.6. The van der Waals surface area contributed by atoms with Crippen molar-refractivity contribution in [3.63, 3.8) is 0 Å². The van der Waals surface area contributed by atoms with E-state index in [-0.39, 0.29) is 25.5 Å². The largest absolute Gasteiger partial charge is 0.467 e. The van der Waals surface area contributed by atoms with Crippen LogP contribution in [0.1, 0.15) is 43.4 Å². The van der Waals surface area contributed by atoms with Gasteiger partial charge >= 0.3 is 12.1 Å². The molecule has 1 unspecified atom stereocenters. The van der Waals surface area contributed by atoms with Crippen LogP contribution in [0, 0.1) is 0 Å². The van der Waals surface area contributed by atoms with Crippen LogP contribution in [0.4, 0.5) is 10.5 Å². The zero-order valence-corrected chi connectivity index (χ0v) is 22.6. The Morgan fingerprint density at radius 1 is 0.923 bits per heavy atom. The van der Waals surface area contributed by atoms with Crippen molar-refractivity contribution >= 4 is 23.7 Å². The van der Waals surface area contributed by atoms with Gasteiger partial charge in [-0.25, -0.2) is 9.59 Å². The van der Waals surface area contributed by atoms with E-state index in [1.54, 1.807) is 0 Å². The number of nitrogens with one attached hydrogen (secondary N) is 1. The van der Waals surface area contributed by atoms with Crippen molar-refractivity contribution in [3.8, 4) is 0 Å². The first kappa shape index (κ1) is 27.6. The van der Waals surface area contributed by atoms with Gasteiger partial charge in [0.15, 0.2) is 0 Å². The fraction of sp³-hybridized carbons (Fsp3) is 0.281. The SMILES string of the molecule is COC(=O)C(C[C@]1(CC=C(C)C)C(=O)Nc2ccccc21)N(Cc1ccccc1)C(=O)OCc1ccccc1. The highest BCUT2D eigenvalue weighted by Gasteiger charge is 2.50. The second-order valence-corrected chi connectivity index (χ2v) is 9.96. The molecule has 4 rings (SSSR count). The van der Waals surface area contributed by atoms with E-state index in [0.717, 1.165) is 22.3 Å². The summed E-state index contributed by atoms with van der Waals surface area (Å²) in [5.74, 6) is -0.830. The van der Waals surface area contributed by atoms with E-state index in [4.69, 9.17) is 9.47 Å². The molecule has 7 nitrogen and oxygen atoms in total.